The minimum absolute atomic E-state index is 0.140. The van der Waals surface area contributed by atoms with Crippen molar-refractivity contribution in [2.45, 2.75) is 18.9 Å². The smallest absolute Gasteiger partial charge is 0.255 e. The van der Waals surface area contributed by atoms with Gasteiger partial charge in [-0.25, -0.2) is 0 Å². The predicted octanol–water partition coefficient (Wildman–Crippen LogP) is 1.01. The number of ether oxygens (including phenoxy) is 1. The molecule has 1 radical (unpaired) electrons. The van der Waals surface area contributed by atoms with E-state index in [1.54, 1.807) is 42.6 Å². The second-order valence-corrected chi connectivity index (χ2v) is 5.69. The minimum atomic E-state index is -0.976. The maximum absolute atomic E-state index is 12.4. The Balaban J connectivity index is 1.73. The molecule has 3 N–H and O–H groups in total. The molecular formula is C18H18N3O4. The van der Waals surface area contributed by atoms with Gasteiger partial charge in [-0.1, -0.05) is 6.07 Å². The van der Waals surface area contributed by atoms with E-state index in [4.69, 9.17) is 10.5 Å². The number of rotatable bonds is 4. The van der Waals surface area contributed by atoms with Gasteiger partial charge in [-0.15, -0.1) is 0 Å². The number of nitrogens with zero attached hydrogens (tertiary/aromatic N) is 1. The molecule has 2 heterocycles. The van der Waals surface area contributed by atoms with E-state index < -0.39 is 12.0 Å². The van der Waals surface area contributed by atoms with E-state index in [1.807, 2.05) is 0 Å². The third-order valence-electron chi connectivity index (χ3n) is 3.97. The van der Waals surface area contributed by atoms with Gasteiger partial charge >= 0.3 is 0 Å². The molecule has 1 aromatic heterocycles. The topological polar surface area (TPSA) is 103 Å². The summed E-state index contributed by atoms with van der Waals surface area (Å²) in [6.45, 7) is 0.408. The first-order chi connectivity index (χ1) is 12.1. The molecule has 3 rings (SSSR count). The zero-order valence-electron chi connectivity index (χ0n) is 13.5. The maximum Gasteiger partial charge on any atom is 0.255 e. The summed E-state index contributed by atoms with van der Waals surface area (Å²) in [5.74, 6) is -0.709. The van der Waals surface area contributed by atoms with Crippen LogP contribution in [-0.2, 0) is 14.3 Å². The summed E-state index contributed by atoms with van der Waals surface area (Å²) in [4.78, 5) is 35.6. The Bertz CT molecular complexity index is 829. The van der Waals surface area contributed by atoms with Gasteiger partial charge in [0.25, 0.3) is 5.56 Å². The van der Waals surface area contributed by atoms with Crippen LogP contribution >= 0.6 is 0 Å². The normalized spacial score (nSPS) is 17.8. The van der Waals surface area contributed by atoms with Crippen molar-refractivity contribution in [1.29, 1.82) is 0 Å². The average molecular weight is 340 g/mol. The maximum atomic E-state index is 12.4. The highest BCUT2D eigenvalue weighted by Gasteiger charge is 2.36. The monoisotopic (exact) mass is 340 g/mol. The van der Waals surface area contributed by atoms with Crippen molar-refractivity contribution in [1.82, 2.24) is 4.57 Å². The van der Waals surface area contributed by atoms with Crippen molar-refractivity contribution in [3.63, 3.8) is 0 Å². The van der Waals surface area contributed by atoms with Gasteiger partial charge in [-0.2, -0.15) is 0 Å². The number of hydrogen-bond donors (Lipinski definition) is 2. The first-order valence-electron chi connectivity index (χ1n) is 7.92. The lowest BCUT2D eigenvalue weighted by molar-refractivity contribution is -0.134. The summed E-state index contributed by atoms with van der Waals surface area (Å²) >= 11 is 0. The van der Waals surface area contributed by atoms with Gasteiger partial charge in [0.15, 0.2) is 6.10 Å². The number of benzene rings is 1. The van der Waals surface area contributed by atoms with Gasteiger partial charge in [0, 0.05) is 30.2 Å². The van der Waals surface area contributed by atoms with Crippen molar-refractivity contribution in [2.24, 2.45) is 5.73 Å². The SMILES string of the molecule is NC(=O)C1OCCC[C]1C(=O)Nc1ccc(-n2ccccc2=O)cc1. The number of pyridine rings is 1. The predicted molar refractivity (Wildman–Crippen MR) is 92.1 cm³/mol. The molecular weight excluding hydrogens is 322 g/mol. The fraction of sp³-hybridized carbons (Fsp3) is 0.222. The van der Waals surface area contributed by atoms with Gasteiger partial charge in [0.1, 0.15) is 5.92 Å². The summed E-state index contributed by atoms with van der Waals surface area (Å²) in [7, 11) is 0. The first-order valence-corrected chi connectivity index (χ1v) is 7.92. The molecule has 0 saturated carbocycles. The lowest BCUT2D eigenvalue weighted by Crippen LogP contribution is -2.44. The highest BCUT2D eigenvalue weighted by Crippen LogP contribution is 2.25. The number of primary amides is 1. The highest BCUT2D eigenvalue weighted by atomic mass is 16.5. The highest BCUT2D eigenvalue weighted by molar-refractivity contribution is 6.05. The number of nitrogens with one attached hydrogen (secondary N) is 1. The molecule has 7 nitrogen and oxygen atoms in total. The molecule has 2 aromatic rings. The minimum Gasteiger partial charge on any atom is -0.367 e. The van der Waals surface area contributed by atoms with E-state index in [-0.39, 0.29) is 11.5 Å². The summed E-state index contributed by atoms with van der Waals surface area (Å²) in [6.07, 6.45) is 1.83. The molecule has 1 saturated heterocycles. The van der Waals surface area contributed by atoms with Crippen LogP contribution in [0.1, 0.15) is 12.8 Å². The van der Waals surface area contributed by atoms with Gasteiger partial charge in [0.2, 0.25) is 11.8 Å². The van der Waals surface area contributed by atoms with Crippen LogP contribution in [0.25, 0.3) is 5.69 Å². The fourth-order valence-corrected chi connectivity index (χ4v) is 2.74. The molecule has 1 aliphatic heterocycles. The van der Waals surface area contributed by atoms with Gasteiger partial charge in [-0.05, 0) is 43.2 Å². The second kappa shape index (κ2) is 7.31. The van der Waals surface area contributed by atoms with Crippen LogP contribution in [0.15, 0.2) is 53.5 Å². The van der Waals surface area contributed by atoms with Crippen LogP contribution < -0.4 is 16.6 Å². The fourth-order valence-electron chi connectivity index (χ4n) is 2.74. The molecule has 1 aromatic carbocycles. The third kappa shape index (κ3) is 3.77. The lowest BCUT2D eigenvalue weighted by atomic mass is 9.93. The van der Waals surface area contributed by atoms with E-state index in [2.05, 4.69) is 5.32 Å². The number of anilines is 1. The summed E-state index contributed by atoms with van der Waals surface area (Å²) in [5.41, 5.74) is 6.39. The Kier molecular flexibility index (Phi) is 4.95. The van der Waals surface area contributed by atoms with Gasteiger partial charge in [0.05, 0.1) is 0 Å². The summed E-state index contributed by atoms with van der Waals surface area (Å²) in [5, 5.41) is 2.74. The quantitative estimate of drug-likeness (QED) is 0.867. The van der Waals surface area contributed by atoms with Crippen molar-refractivity contribution in [2.75, 3.05) is 11.9 Å². The number of hydrogen-bond acceptors (Lipinski definition) is 4. The van der Waals surface area contributed by atoms with Gasteiger partial charge < -0.3 is 15.8 Å². The molecule has 0 aliphatic carbocycles. The molecule has 7 heteroatoms. The first kappa shape index (κ1) is 16.9. The molecule has 129 valence electrons. The molecule has 25 heavy (non-hydrogen) atoms. The zero-order valence-corrected chi connectivity index (χ0v) is 13.5. The molecule has 0 spiro atoms. The van der Waals surface area contributed by atoms with Crippen molar-refractivity contribution >= 4 is 17.5 Å². The number of nitrogens with two attached hydrogens (primary N) is 1. The van der Waals surface area contributed by atoms with Crippen LogP contribution in [0.4, 0.5) is 5.69 Å². The van der Waals surface area contributed by atoms with E-state index in [9.17, 15) is 14.4 Å². The van der Waals surface area contributed by atoms with Crippen LogP contribution in [0.2, 0.25) is 0 Å². The molecule has 0 bridgehead atoms. The number of carbonyl (C=O) groups excluding carboxylic acids is 2. The standard InChI is InChI=1S/C18H18N3O4/c19-17(23)16-14(4-3-11-25-16)18(24)20-12-6-8-13(9-7-12)21-10-2-1-5-15(21)22/h1-2,5-10,16H,3-4,11H2,(H2,19,23)(H,20,24). The van der Waals surface area contributed by atoms with Crippen LogP contribution in [0.5, 0.6) is 0 Å². The number of carbonyl (C=O) groups is 2. The Labute approximate surface area is 144 Å². The van der Waals surface area contributed by atoms with Crippen LogP contribution in [0, 0.1) is 5.92 Å². The molecule has 1 fully saturated rings. The number of amides is 2. The Hall–Kier alpha value is -2.93. The molecule has 1 aliphatic rings. The van der Waals surface area contributed by atoms with Crippen molar-refractivity contribution < 1.29 is 14.3 Å². The Morgan fingerprint density at radius 3 is 2.60 bits per heavy atom. The number of aromatic nitrogens is 1. The van der Waals surface area contributed by atoms with Crippen LogP contribution in [0.3, 0.4) is 0 Å². The summed E-state index contributed by atoms with van der Waals surface area (Å²) in [6, 6.07) is 11.7. The van der Waals surface area contributed by atoms with E-state index in [0.29, 0.717) is 36.7 Å². The third-order valence-corrected chi connectivity index (χ3v) is 3.97. The Morgan fingerprint density at radius 2 is 1.92 bits per heavy atom. The average Bonchev–Trinajstić information content (AvgIpc) is 2.63. The largest absolute Gasteiger partial charge is 0.367 e. The lowest BCUT2D eigenvalue weighted by Gasteiger charge is -2.27. The second-order valence-electron chi connectivity index (χ2n) is 5.69. The van der Waals surface area contributed by atoms with Crippen molar-refractivity contribution in [3.8, 4) is 5.69 Å². The van der Waals surface area contributed by atoms with E-state index in [0.717, 1.165) is 0 Å². The van der Waals surface area contributed by atoms with Gasteiger partial charge in [-0.3, -0.25) is 19.0 Å². The zero-order chi connectivity index (χ0) is 17.8. The van der Waals surface area contributed by atoms with E-state index >= 15 is 0 Å². The van der Waals surface area contributed by atoms with Crippen LogP contribution in [-0.4, -0.2) is 29.1 Å². The van der Waals surface area contributed by atoms with E-state index in [1.165, 1.54) is 10.6 Å². The Morgan fingerprint density at radius 1 is 1.16 bits per heavy atom. The molecule has 2 amide bonds. The summed E-state index contributed by atoms with van der Waals surface area (Å²) < 4.78 is 6.79. The molecule has 1 atom stereocenters. The molecule has 1 unspecified atom stereocenters. The van der Waals surface area contributed by atoms with Crippen molar-refractivity contribution in [3.05, 3.63) is 64.9 Å².